The Morgan fingerprint density at radius 2 is 1.86 bits per heavy atom. The van der Waals surface area contributed by atoms with Crippen molar-refractivity contribution in [1.82, 2.24) is 0 Å². The van der Waals surface area contributed by atoms with Gasteiger partial charge in [-0.25, -0.2) is 4.79 Å². The molecule has 1 aliphatic carbocycles. The molecule has 0 atom stereocenters. The van der Waals surface area contributed by atoms with Crippen molar-refractivity contribution in [2.45, 2.75) is 12.6 Å². The fourth-order valence-electron chi connectivity index (χ4n) is 2.73. The highest BCUT2D eigenvalue weighted by Crippen LogP contribution is 2.47. The molecule has 2 aromatic rings. The van der Waals surface area contributed by atoms with Crippen molar-refractivity contribution < 1.29 is 23.1 Å². The summed E-state index contributed by atoms with van der Waals surface area (Å²) in [6.07, 6.45) is -4.43. The highest BCUT2D eigenvalue weighted by atomic mass is 35.5. The Morgan fingerprint density at radius 1 is 1.14 bits per heavy atom. The molecule has 2 nitrogen and oxygen atoms in total. The van der Waals surface area contributed by atoms with E-state index in [4.69, 9.17) is 11.6 Å². The fourth-order valence-corrected chi connectivity index (χ4v) is 2.95. The number of rotatable bonds is 1. The second kappa shape index (κ2) is 4.49. The molecule has 0 radical (unpaired) electrons. The first-order chi connectivity index (χ1) is 9.80. The third-order valence-electron chi connectivity index (χ3n) is 3.59. The van der Waals surface area contributed by atoms with Crippen LogP contribution in [0.2, 0.25) is 5.02 Å². The molecule has 1 N–H and O–H groups in total. The molecular formula is C15H8ClF3O2. The standard InChI is InChI=1S/C15H8ClF3O2/c16-12-5-4-11(15(17,18)19)13-7-2-1-3-8(14(20)21)9(7)6-10(12)13/h1-5H,6H2,(H,20,21). The van der Waals surface area contributed by atoms with Crippen LogP contribution >= 0.6 is 11.6 Å². The predicted molar refractivity (Wildman–Crippen MR) is 71.7 cm³/mol. The quantitative estimate of drug-likeness (QED) is 0.711. The minimum atomic E-state index is -4.52. The third-order valence-corrected chi connectivity index (χ3v) is 3.94. The first-order valence-electron chi connectivity index (χ1n) is 6.05. The van der Waals surface area contributed by atoms with Crippen molar-refractivity contribution in [2.75, 3.05) is 0 Å². The lowest BCUT2D eigenvalue weighted by molar-refractivity contribution is -0.137. The molecule has 0 heterocycles. The smallest absolute Gasteiger partial charge is 0.417 e. The number of carboxylic acid groups (broad SMARTS) is 1. The van der Waals surface area contributed by atoms with E-state index in [1.807, 2.05) is 0 Å². The molecule has 0 aliphatic heterocycles. The molecule has 0 saturated carbocycles. The van der Waals surface area contributed by atoms with E-state index in [1.54, 1.807) is 0 Å². The lowest BCUT2D eigenvalue weighted by Gasteiger charge is -2.13. The summed E-state index contributed by atoms with van der Waals surface area (Å²) < 4.78 is 39.5. The number of alkyl halides is 3. The summed E-state index contributed by atoms with van der Waals surface area (Å²) in [7, 11) is 0. The van der Waals surface area contributed by atoms with Crippen LogP contribution in [0.1, 0.15) is 27.0 Å². The summed E-state index contributed by atoms with van der Waals surface area (Å²) >= 11 is 6.00. The van der Waals surface area contributed by atoms with E-state index in [2.05, 4.69) is 0 Å². The van der Waals surface area contributed by atoms with Gasteiger partial charge in [-0.1, -0.05) is 23.7 Å². The van der Waals surface area contributed by atoms with Gasteiger partial charge in [-0.3, -0.25) is 0 Å². The number of aromatic carboxylic acids is 1. The van der Waals surface area contributed by atoms with Crippen LogP contribution < -0.4 is 0 Å². The van der Waals surface area contributed by atoms with E-state index in [-0.39, 0.29) is 22.6 Å². The average molecular weight is 313 g/mol. The van der Waals surface area contributed by atoms with E-state index in [0.29, 0.717) is 16.7 Å². The molecule has 108 valence electrons. The van der Waals surface area contributed by atoms with E-state index < -0.39 is 17.7 Å². The van der Waals surface area contributed by atoms with E-state index >= 15 is 0 Å². The first-order valence-corrected chi connectivity index (χ1v) is 6.42. The zero-order valence-corrected chi connectivity index (χ0v) is 11.2. The summed E-state index contributed by atoms with van der Waals surface area (Å²) in [5.41, 5.74) is 0.206. The van der Waals surface area contributed by atoms with Crippen LogP contribution in [0.25, 0.3) is 11.1 Å². The second-order valence-corrected chi connectivity index (χ2v) is 5.17. The van der Waals surface area contributed by atoms with Gasteiger partial charge in [0.1, 0.15) is 0 Å². The molecule has 0 bridgehead atoms. The van der Waals surface area contributed by atoms with Gasteiger partial charge in [-0.2, -0.15) is 13.2 Å². The van der Waals surface area contributed by atoms with E-state index in [1.165, 1.54) is 24.3 Å². The number of carboxylic acids is 1. The van der Waals surface area contributed by atoms with Crippen molar-refractivity contribution in [3.8, 4) is 11.1 Å². The summed E-state index contributed by atoms with van der Waals surface area (Å²) in [4.78, 5) is 11.2. The highest BCUT2D eigenvalue weighted by Gasteiger charge is 2.38. The van der Waals surface area contributed by atoms with E-state index in [0.717, 1.165) is 6.07 Å². The van der Waals surface area contributed by atoms with Gasteiger partial charge in [-0.05, 0) is 40.5 Å². The summed E-state index contributed by atoms with van der Waals surface area (Å²) in [6.45, 7) is 0. The van der Waals surface area contributed by atoms with Gasteiger partial charge < -0.3 is 5.11 Å². The number of fused-ring (bicyclic) bond motifs is 3. The lowest BCUT2D eigenvalue weighted by Crippen LogP contribution is -2.07. The van der Waals surface area contributed by atoms with Crippen LogP contribution in [-0.4, -0.2) is 11.1 Å². The van der Waals surface area contributed by atoms with Crippen LogP contribution in [0.5, 0.6) is 0 Å². The number of halogens is 4. The number of benzene rings is 2. The first kappa shape index (κ1) is 13.9. The van der Waals surface area contributed by atoms with Gasteiger partial charge in [0, 0.05) is 11.4 Å². The Bertz CT molecular complexity index is 766. The highest BCUT2D eigenvalue weighted by molar-refractivity contribution is 6.32. The van der Waals surface area contributed by atoms with Crippen LogP contribution in [0.4, 0.5) is 13.2 Å². The minimum Gasteiger partial charge on any atom is -0.478 e. The molecule has 6 heteroatoms. The summed E-state index contributed by atoms with van der Waals surface area (Å²) in [6, 6.07) is 6.46. The second-order valence-electron chi connectivity index (χ2n) is 4.76. The van der Waals surface area contributed by atoms with Gasteiger partial charge in [0.25, 0.3) is 0 Å². The molecular weight excluding hydrogens is 305 g/mol. The Kier molecular flexibility index (Phi) is 2.99. The Morgan fingerprint density at radius 3 is 2.48 bits per heavy atom. The van der Waals surface area contributed by atoms with Gasteiger partial charge >= 0.3 is 12.1 Å². The average Bonchev–Trinajstić information content (AvgIpc) is 2.77. The zero-order valence-electron chi connectivity index (χ0n) is 10.5. The number of hydrogen-bond acceptors (Lipinski definition) is 1. The van der Waals surface area contributed by atoms with Crippen molar-refractivity contribution in [1.29, 1.82) is 0 Å². The van der Waals surface area contributed by atoms with Crippen LogP contribution in [-0.2, 0) is 12.6 Å². The van der Waals surface area contributed by atoms with Crippen molar-refractivity contribution in [3.05, 3.63) is 57.6 Å². The van der Waals surface area contributed by atoms with Crippen molar-refractivity contribution in [2.24, 2.45) is 0 Å². The van der Waals surface area contributed by atoms with Gasteiger partial charge in [0.2, 0.25) is 0 Å². The summed E-state index contributed by atoms with van der Waals surface area (Å²) in [5.74, 6) is -1.16. The maximum atomic E-state index is 13.2. The van der Waals surface area contributed by atoms with Crippen LogP contribution in [0.3, 0.4) is 0 Å². The molecule has 0 fully saturated rings. The van der Waals surface area contributed by atoms with Gasteiger partial charge in [-0.15, -0.1) is 0 Å². The van der Waals surface area contributed by atoms with Gasteiger partial charge in [0.15, 0.2) is 0 Å². The normalized spacial score (nSPS) is 13.0. The lowest BCUT2D eigenvalue weighted by atomic mass is 9.98. The van der Waals surface area contributed by atoms with Crippen LogP contribution in [0.15, 0.2) is 30.3 Å². The molecule has 21 heavy (non-hydrogen) atoms. The third kappa shape index (κ3) is 2.08. The Labute approximate surface area is 122 Å². The van der Waals surface area contributed by atoms with E-state index in [9.17, 15) is 23.1 Å². The number of hydrogen-bond donors (Lipinski definition) is 1. The summed E-state index contributed by atoms with van der Waals surface area (Å²) in [5, 5.41) is 9.38. The molecule has 1 aliphatic rings. The largest absolute Gasteiger partial charge is 0.478 e. The molecule has 0 unspecified atom stereocenters. The SMILES string of the molecule is O=C(O)c1cccc2c1Cc1c(Cl)ccc(C(F)(F)F)c1-2. The molecule has 3 rings (SSSR count). The Balaban J connectivity index is 2.35. The molecule has 0 amide bonds. The maximum Gasteiger partial charge on any atom is 0.417 e. The van der Waals surface area contributed by atoms with Gasteiger partial charge in [0.05, 0.1) is 11.1 Å². The predicted octanol–water partition coefficient (Wildman–Crippen LogP) is 4.63. The molecule has 0 saturated heterocycles. The topological polar surface area (TPSA) is 37.3 Å². The van der Waals surface area contributed by atoms with Crippen LogP contribution in [0, 0.1) is 0 Å². The minimum absolute atomic E-state index is 0.00639. The van der Waals surface area contributed by atoms with Crippen molar-refractivity contribution >= 4 is 17.6 Å². The fraction of sp³-hybridized carbons (Fsp3) is 0.133. The monoisotopic (exact) mass is 312 g/mol. The zero-order chi connectivity index (χ0) is 15.4. The number of carbonyl (C=O) groups is 1. The molecule has 0 aromatic heterocycles. The molecule has 2 aromatic carbocycles. The Hall–Kier alpha value is -2.01. The van der Waals surface area contributed by atoms with Crippen molar-refractivity contribution in [3.63, 3.8) is 0 Å². The molecule has 0 spiro atoms. The maximum absolute atomic E-state index is 13.2.